The number of carbonyl (C=O) groups is 1. The molecule has 1 aromatic carbocycles. The van der Waals surface area contributed by atoms with E-state index in [1.165, 1.54) is 0 Å². The molecule has 28 heavy (non-hydrogen) atoms. The first-order valence-electron chi connectivity index (χ1n) is 10.0. The fourth-order valence-corrected chi connectivity index (χ4v) is 3.56. The third kappa shape index (κ3) is 7.35. The van der Waals surface area contributed by atoms with Gasteiger partial charge in [0.2, 0.25) is 0 Å². The number of amides is 1. The van der Waals surface area contributed by atoms with Crippen molar-refractivity contribution in [3.05, 3.63) is 29.3 Å². The monoisotopic (exact) mass is 406 g/mol. The van der Waals surface area contributed by atoms with E-state index in [2.05, 4.69) is 23.7 Å². The van der Waals surface area contributed by atoms with Gasteiger partial charge in [-0.1, -0.05) is 24.4 Å². The molecule has 0 aliphatic heterocycles. The molecule has 0 unspecified atom stereocenters. The minimum atomic E-state index is -0.333. The van der Waals surface area contributed by atoms with Crippen LogP contribution in [-0.2, 0) is 0 Å². The van der Waals surface area contributed by atoms with Gasteiger partial charge >= 0.3 is 6.09 Å². The highest BCUT2D eigenvalue weighted by molar-refractivity contribution is 6.30. The summed E-state index contributed by atoms with van der Waals surface area (Å²) in [5, 5.41) is 9.62. The summed E-state index contributed by atoms with van der Waals surface area (Å²) in [6.07, 6.45) is 4.39. The first-order valence-corrected chi connectivity index (χ1v) is 10.4. The van der Waals surface area contributed by atoms with E-state index in [9.17, 15) is 4.79 Å². The van der Waals surface area contributed by atoms with Gasteiger partial charge in [-0.15, -0.1) is 5.92 Å². The Morgan fingerprint density at radius 1 is 1.21 bits per heavy atom. The number of likely N-dealkylation sites (N-methyl/N-ethyl adjacent to an activating group) is 1. The zero-order valence-electron chi connectivity index (χ0n) is 16.9. The maximum atomic E-state index is 12.4. The van der Waals surface area contributed by atoms with Crippen LogP contribution in [0.25, 0.3) is 0 Å². The van der Waals surface area contributed by atoms with Gasteiger partial charge in [-0.05, 0) is 56.5 Å². The van der Waals surface area contributed by atoms with Crippen molar-refractivity contribution in [2.24, 2.45) is 5.92 Å². The summed E-state index contributed by atoms with van der Waals surface area (Å²) < 4.78 is 5.42. The highest BCUT2D eigenvalue weighted by atomic mass is 35.5. The van der Waals surface area contributed by atoms with Crippen molar-refractivity contribution in [2.45, 2.75) is 45.1 Å². The number of ether oxygens (including phenoxy) is 1. The maximum absolute atomic E-state index is 12.4. The average molecular weight is 407 g/mol. The van der Waals surface area contributed by atoms with Crippen LogP contribution in [0.3, 0.4) is 0 Å². The molecule has 0 saturated heterocycles. The molecule has 1 aliphatic carbocycles. The predicted molar refractivity (Wildman–Crippen MR) is 113 cm³/mol. The number of rotatable bonds is 7. The van der Waals surface area contributed by atoms with Crippen molar-refractivity contribution in [1.82, 2.24) is 9.80 Å². The second-order valence-corrected chi connectivity index (χ2v) is 7.60. The predicted octanol–water partition coefficient (Wildman–Crippen LogP) is 4.04. The molecule has 1 aliphatic rings. The van der Waals surface area contributed by atoms with Crippen LogP contribution >= 0.6 is 11.6 Å². The van der Waals surface area contributed by atoms with Crippen LogP contribution in [0.15, 0.2) is 24.3 Å². The summed E-state index contributed by atoms with van der Waals surface area (Å²) in [5.41, 5.74) is 0. The molecule has 0 bridgehead atoms. The minimum absolute atomic E-state index is 0.193. The van der Waals surface area contributed by atoms with Gasteiger partial charge < -0.3 is 19.6 Å². The lowest BCUT2D eigenvalue weighted by Gasteiger charge is -2.32. The van der Waals surface area contributed by atoms with E-state index in [0.717, 1.165) is 45.2 Å². The largest absolute Gasteiger partial charge is 0.415 e. The molecule has 0 heterocycles. The number of aliphatic hydroxyl groups is 1. The van der Waals surface area contributed by atoms with E-state index < -0.39 is 0 Å². The molecule has 1 amide bonds. The Bertz CT molecular complexity index is 661. The van der Waals surface area contributed by atoms with E-state index in [-0.39, 0.29) is 18.7 Å². The van der Waals surface area contributed by atoms with Crippen LogP contribution in [0.4, 0.5) is 4.79 Å². The number of hydrogen-bond donors (Lipinski definition) is 1. The Hall–Kier alpha value is -1.74. The fourth-order valence-electron chi connectivity index (χ4n) is 3.43. The smallest absolute Gasteiger partial charge is 0.410 e. The van der Waals surface area contributed by atoms with Crippen LogP contribution in [0.2, 0.25) is 5.02 Å². The number of aliphatic hydroxyl groups excluding tert-OH is 1. The summed E-state index contributed by atoms with van der Waals surface area (Å²) in [6, 6.07) is 6.99. The number of carbonyl (C=O) groups excluding carboxylic acids is 1. The van der Waals surface area contributed by atoms with Gasteiger partial charge in [0.05, 0.1) is 6.61 Å². The van der Waals surface area contributed by atoms with Crippen molar-refractivity contribution < 1.29 is 14.6 Å². The summed E-state index contributed by atoms with van der Waals surface area (Å²) in [4.78, 5) is 16.3. The molecule has 154 valence electrons. The molecule has 1 saturated carbocycles. The van der Waals surface area contributed by atoms with E-state index >= 15 is 0 Å². The van der Waals surface area contributed by atoms with Crippen molar-refractivity contribution in [3.63, 3.8) is 0 Å². The van der Waals surface area contributed by atoms with Gasteiger partial charge in [0.15, 0.2) is 0 Å². The van der Waals surface area contributed by atoms with Gasteiger partial charge in [-0.3, -0.25) is 0 Å². The molecule has 1 N–H and O–H groups in total. The van der Waals surface area contributed by atoms with Gasteiger partial charge in [0.25, 0.3) is 0 Å². The van der Waals surface area contributed by atoms with Crippen LogP contribution in [0.5, 0.6) is 5.75 Å². The molecular weight excluding hydrogens is 376 g/mol. The first-order chi connectivity index (χ1) is 13.5. The quantitative estimate of drug-likeness (QED) is 0.694. The number of benzene rings is 1. The average Bonchev–Trinajstić information content (AvgIpc) is 2.71. The van der Waals surface area contributed by atoms with E-state index in [1.54, 1.807) is 36.2 Å². The first kappa shape index (κ1) is 22.5. The summed E-state index contributed by atoms with van der Waals surface area (Å²) in [5.74, 6) is 7.59. The van der Waals surface area contributed by atoms with Gasteiger partial charge in [0.1, 0.15) is 5.75 Å². The summed E-state index contributed by atoms with van der Waals surface area (Å²) in [6.45, 7) is 4.84. The third-order valence-corrected chi connectivity index (χ3v) is 5.53. The second kappa shape index (κ2) is 12.0. The number of halogens is 1. The zero-order valence-corrected chi connectivity index (χ0v) is 17.6. The Balaban J connectivity index is 1.73. The van der Waals surface area contributed by atoms with Crippen LogP contribution in [0.1, 0.15) is 39.0 Å². The van der Waals surface area contributed by atoms with Gasteiger partial charge in [0, 0.05) is 43.5 Å². The maximum Gasteiger partial charge on any atom is 0.415 e. The highest BCUT2D eigenvalue weighted by Crippen LogP contribution is 2.27. The molecule has 0 aromatic heterocycles. The molecule has 5 nitrogen and oxygen atoms in total. The van der Waals surface area contributed by atoms with Crippen molar-refractivity contribution in [2.75, 3.05) is 33.3 Å². The van der Waals surface area contributed by atoms with Gasteiger partial charge in [-0.25, -0.2) is 4.79 Å². The van der Waals surface area contributed by atoms with Crippen molar-refractivity contribution in [1.29, 1.82) is 0 Å². The number of hydrogen-bond acceptors (Lipinski definition) is 4. The minimum Gasteiger partial charge on any atom is -0.410 e. The Kier molecular flexibility index (Phi) is 9.63. The Labute approximate surface area is 173 Å². The fraction of sp³-hybridized carbons (Fsp3) is 0.591. The molecule has 2 rings (SSSR count). The van der Waals surface area contributed by atoms with E-state index in [1.807, 2.05) is 0 Å². The molecule has 0 spiro atoms. The molecule has 1 fully saturated rings. The molecule has 6 heteroatoms. The van der Waals surface area contributed by atoms with Crippen LogP contribution < -0.4 is 4.74 Å². The number of nitrogens with zero attached hydrogens (tertiary/aromatic N) is 2. The molecule has 0 atom stereocenters. The summed E-state index contributed by atoms with van der Waals surface area (Å²) >= 11 is 5.85. The lowest BCUT2D eigenvalue weighted by Crippen LogP contribution is -2.40. The lowest BCUT2D eigenvalue weighted by molar-refractivity contribution is 0.129. The zero-order chi connectivity index (χ0) is 20.4. The topological polar surface area (TPSA) is 53.0 Å². The van der Waals surface area contributed by atoms with Crippen LogP contribution in [0, 0.1) is 17.8 Å². The normalized spacial score (nSPS) is 19.0. The Morgan fingerprint density at radius 2 is 1.89 bits per heavy atom. The molecule has 0 radical (unpaired) electrons. The van der Waals surface area contributed by atoms with Crippen molar-refractivity contribution >= 4 is 17.7 Å². The van der Waals surface area contributed by atoms with Crippen molar-refractivity contribution in [3.8, 4) is 17.6 Å². The summed E-state index contributed by atoms with van der Waals surface area (Å²) in [7, 11) is 1.80. The molecule has 1 aromatic rings. The standard InChI is InChI=1S/C22H31ClN2O3/c1-3-25(16-17-26)15-5-4-6-18-7-11-20(12-8-18)24(2)22(27)28-21-13-9-19(23)10-14-21/h9-10,13-14,18,20,26H,3,5,7-8,11-12,15-17H2,1-2H3/t18-,20-. The Morgan fingerprint density at radius 3 is 2.50 bits per heavy atom. The van der Waals surface area contributed by atoms with Crippen LogP contribution in [-0.4, -0.2) is 60.3 Å². The SMILES string of the molecule is CCN(CCO)CCC#C[C@H]1CC[C@H](N(C)C(=O)Oc2ccc(Cl)cc2)CC1. The van der Waals surface area contributed by atoms with E-state index in [4.69, 9.17) is 21.4 Å². The lowest BCUT2D eigenvalue weighted by atomic mass is 9.86. The van der Waals surface area contributed by atoms with E-state index in [0.29, 0.717) is 23.2 Å². The highest BCUT2D eigenvalue weighted by Gasteiger charge is 2.26. The third-order valence-electron chi connectivity index (χ3n) is 5.27. The second-order valence-electron chi connectivity index (χ2n) is 7.17. The molecular formula is C22H31ClN2O3. The van der Waals surface area contributed by atoms with Gasteiger partial charge in [-0.2, -0.15) is 0 Å².